The van der Waals surface area contributed by atoms with Gasteiger partial charge >= 0.3 is 0 Å². The van der Waals surface area contributed by atoms with Crippen LogP contribution in [0.25, 0.3) is 67.5 Å². The van der Waals surface area contributed by atoms with Crippen molar-refractivity contribution >= 4 is 45.4 Å². The fourth-order valence-electron chi connectivity index (χ4n) is 9.56. The zero-order chi connectivity index (χ0) is 47.0. The summed E-state index contributed by atoms with van der Waals surface area (Å²) < 4.78 is 4.37. The molecule has 4 heterocycles. The minimum atomic E-state index is 0.920. The van der Waals surface area contributed by atoms with Crippen LogP contribution in [-0.4, -0.2) is 18.8 Å². The van der Waals surface area contributed by atoms with Crippen molar-refractivity contribution in [2.75, 3.05) is 9.80 Å². The van der Waals surface area contributed by atoms with Gasteiger partial charge in [0.2, 0.25) is 0 Å². The van der Waals surface area contributed by atoms with Gasteiger partial charge in [-0.2, -0.15) is 0 Å². The van der Waals surface area contributed by atoms with Crippen molar-refractivity contribution < 1.29 is 0 Å². The zero-order valence-electron chi connectivity index (χ0n) is 38.9. The fourth-order valence-corrected chi connectivity index (χ4v) is 9.56. The van der Waals surface area contributed by atoms with Crippen LogP contribution >= 0.6 is 0 Å². The molecule has 0 aliphatic carbocycles. The van der Waals surface area contributed by atoms with Crippen molar-refractivity contribution in [2.24, 2.45) is 0 Å². The monoisotopic (exact) mass is 900 g/mol. The quantitative estimate of drug-likeness (QED) is 0.130. The Kier molecular flexibility index (Phi) is 10.9. The van der Waals surface area contributed by atoms with Crippen LogP contribution in [0, 0.1) is 13.8 Å². The molecule has 6 heteroatoms. The van der Waals surface area contributed by atoms with Crippen molar-refractivity contribution in [3.05, 3.63) is 266 Å². The molecule has 6 nitrogen and oxygen atoms in total. The standard InChI is InChI=1S/C64H48N6/c1-45-19-31-53(32-20-45)69(57-39-27-51(28-40-57)63-61(49-13-5-3-6-14-49)65-59-17-9-11-43-67(59)63)55-35-23-47(24-36-55)48-25-37-56(38-26-48)70(54-33-21-46(2)22-34-54)58-41-29-52(30-42-58)64-62(50-15-7-4-8-16-50)66-60-18-10-12-44-68(60)64/h3-44H,1-2H3. The predicted molar refractivity (Wildman–Crippen MR) is 290 cm³/mol. The molecule has 0 aliphatic heterocycles. The summed E-state index contributed by atoms with van der Waals surface area (Å²) in [5, 5.41) is 0. The molecule has 4 aromatic heterocycles. The Morgan fingerprint density at radius 1 is 0.271 bits per heavy atom. The van der Waals surface area contributed by atoms with E-state index in [9.17, 15) is 0 Å². The molecule has 0 amide bonds. The molecular weight excluding hydrogens is 853 g/mol. The second-order valence-corrected chi connectivity index (χ2v) is 17.7. The number of rotatable bonds is 11. The number of imidazole rings is 2. The van der Waals surface area contributed by atoms with Gasteiger partial charge in [0.1, 0.15) is 11.3 Å². The van der Waals surface area contributed by atoms with Crippen molar-refractivity contribution in [1.82, 2.24) is 18.8 Å². The number of nitrogens with zero attached hydrogens (tertiary/aromatic N) is 6. The van der Waals surface area contributed by atoms with Crippen LogP contribution in [-0.2, 0) is 0 Å². The van der Waals surface area contributed by atoms with Crippen molar-refractivity contribution in [2.45, 2.75) is 13.8 Å². The first-order valence-corrected chi connectivity index (χ1v) is 23.7. The maximum atomic E-state index is 5.07. The summed E-state index contributed by atoms with van der Waals surface area (Å²) >= 11 is 0. The number of hydrogen-bond donors (Lipinski definition) is 0. The zero-order valence-corrected chi connectivity index (χ0v) is 38.9. The Bertz CT molecular complexity index is 3480. The van der Waals surface area contributed by atoms with Gasteiger partial charge in [-0.1, -0.05) is 157 Å². The van der Waals surface area contributed by atoms with Gasteiger partial charge in [0.05, 0.1) is 22.8 Å². The molecule has 334 valence electrons. The number of fused-ring (bicyclic) bond motifs is 2. The summed E-state index contributed by atoms with van der Waals surface area (Å²) in [6.45, 7) is 4.26. The highest BCUT2D eigenvalue weighted by Gasteiger charge is 2.20. The molecule has 0 N–H and O–H groups in total. The van der Waals surface area contributed by atoms with Crippen LogP contribution in [0.5, 0.6) is 0 Å². The Morgan fingerprint density at radius 2 is 0.557 bits per heavy atom. The van der Waals surface area contributed by atoms with Gasteiger partial charge < -0.3 is 9.80 Å². The van der Waals surface area contributed by atoms with Gasteiger partial charge in [-0.15, -0.1) is 0 Å². The first kappa shape index (κ1) is 42.1. The molecule has 0 atom stereocenters. The van der Waals surface area contributed by atoms with Crippen LogP contribution in [0.2, 0.25) is 0 Å². The van der Waals surface area contributed by atoms with E-state index in [-0.39, 0.29) is 0 Å². The van der Waals surface area contributed by atoms with Gasteiger partial charge in [-0.3, -0.25) is 8.80 Å². The number of aromatic nitrogens is 4. The van der Waals surface area contributed by atoms with Crippen molar-refractivity contribution in [3.63, 3.8) is 0 Å². The van der Waals surface area contributed by atoms with Crippen LogP contribution in [0.15, 0.2) is 255 Å². The largest absolute Gasteiger partial charge is 0.311 e. The van der Waals surface area contributed by atoms with Gasteiger partial charge in [0, 0.05) is 68.8 Å². The van der Waals surface area contributed by atoms with Crippen LogP contribution < -0.4 is 9.80 Å². The van der Waals surface area contributed by atoms with E-state index >= 15 is 0 Å². The van der Waals surface area contributed by atoms with E-state index in [1.54, 1.807) is 0 Å². The smallest absolute Gasteiger partial charge is 0.137 e. The van der Waals surface area contributed by atoms with Gasteiger partial charge in [-0.05, 0) is 122 Å². The molecule has 0 bridgehead atoms. The van der Waals surface area contributed by atoms with Gasteiger partial charge in [-0.25, -0.2) is 9.97 Å². The predicted octanol–water partition coefficient (Wildman–Crippen LogP) is 16.9. The molecule has 0 saturated carbocycles. The molecule has 0 unspecified atom stereocenters. The molecule has 0 saturated heterocycles. The highest BCUT2D eigenvalue weighted by atomic mass is 15.1. The Hall–Kier alpha value is -9.26. The van der Waals surface area contributed by atoms with Crippen LogP contribution in [0.1, 0.15) is 11.1 Å². The maximum Gasteiger partial charge on any atom is 0.137 e. The average Bonchev–Trinajstić information content (AvgIpc) is 4.01. The second-order valence-electron chi connectivity index (χ2n) is 17.7. The number of benzene rings is 8. The van der Waals surface area contributed by atoms with Gasteiger partial charge in [0.25, 0.3) is 0 Å². The lowest BCUT2D eigenvalue weighted by molar-refractivity contribution is 1.19. The summed E-state index contributed by atoms with van der Waals surface area (Å²) in [5.41, 5.74) is 21.5. The maximum absolute atomic E-state index is 5.07. The van der Waals surface area contributed by atoms with Crippen molar-refractivity contribution in [1.29, 1.82) is 0 Å². The van der Waals surface area contributed by atoms with Crippen LogP contribution in [0.4, 0.5) is 34.1 Å². The molecule has 0 spiro atoms. The SMILES string of the molecule is Cc1ccc(N(c2ccc(-c3ccc(N(c4ccc(C)cc4)c4ccc(-c5c(-c6ccccc6)nc6ccccn56)cc4)cc3)cc2)c2ccc(-c3c(-c4ccccc4)nc4ccccn34)cc2)cc1. The van der Waals surface area contributed by atoms with E-state index in [0.717, 1.165) is 102 Å². The van der Waals surface area contributed by atoms with E-state index in [2.05, 4.69) is 263 Å². The average molecular weight is 901 g/mol. The number of anilines is 6. The summed E-state index contributed by atoms with van der Waals surface area (Å²) in [6, 6.07) is 86.2. The summed E-state index contributed by atoms with van der Waals surface area (Å²) in [4.78, 5) is 14.8. The third kappa shape index (κ3) is 7.97. The molecule has 0 radical (unpaired) electrons. The van der Waals surface area contributed by atoms with E-state index in [1.807, 2.05) is 24.3 Å². The van der Waals surface area contributed by atoms with Crippen LogP contribution in [0.3, 0.4) is 0 Å². The third-order valence-electron chi connectivity index (χ3n) is 13.1. The second kappa shape index (κ2) is 18.1. The molecule has 0 aliphatic rings. The minimum Gasteiger partial charge on any atom is -0.311 e. The number of pyridine rings is 2. The molecule has 12 aromatic rings. The minimum absolute atomic E-state index is 0.920. The Morgan fingerprint density at radius 3 is 0.886 bits per heavy atom. The number of hydrogen-bond acceptors (Lipinski definition) is 4. The molecular formula is C64H48N6. The Labute approximate surface area is 408 Å². The van der Waals surface area contributed by atoms with Gasteiger partial charge in [0.15, 0.2) is 0 Å². The van der Waals surface area contributed by atoms with E-state index < -0.39 is 0 Å². The fraction of sp³-hybridized carbons (Fsp3) is 0.0312. The molecule has 8 aromatic carbocycles. The highest BCUT2D eigenvalue weighted by molar-refractivity contribution is 5.87. The highest BCUT2D eigenvalue weighted by Crippen LogP contribution is 2.41. The van der Waals surface area contributed by atoms with E-state index in [4.69, 9.17) is 9.97 Å². The molecule has 12 rings (SSSR count). The lowest BCUT2D eigenvalue weighted by Crippen LogP contribution is -2.10. The van der Waals surface area contributed by atoms with E-state index in [0.29, 0.717) is 0 Å². The van der Waals surface area contributed by atoms with E-state index in [1.165, 1.54) is 11.1 Å². The topological polar surface area (TPSA) is 41.1 Å². The lowest BCUT2D eigenvalue weighted by atomic mass is 10.0. The molecule has 70 heavy (non-hydrogen) atoms. The van der Waals surface area contributed by atoms with Crippen molar-refractivity contribution in [3.8, 4) is 56.2 Å². The molecule has 0 fully saturated rings. The first-order chi connectivity index (χ1) is 34.5. The summed E-state index contributed by atoms with van der Waals surface area (Å²) in [6.07, 6.45) is 4.19. The lowest BCUT2D eigenvalue weighted by Gasteiger charge is -2.26. The third-order valence-corrected chi connectivity index (χ3v) is 13.1. The Balaban J connectivity index is 0.855. The normalized spacial score (nSPS) is 11.3. The first-order valence-electron chi connectivity index (χ1n) is 23.7. The number of aryl methyl sites for hydroxylation is 2. The summed E-state index contributed by atoms with van der Waals surface area (Å²) in [5.74, 6) is 0. The summed E-state index contributed by atoms with van der Waals surface area (Å²) in [7, 11) is 0.